The summed E-state index contributed by atoms with van der Waals surface area (Å²) in [5.74, 6) is -0.651. The van der Waals surface area contributed by atoms with Gasteiger partial charge in [0, 0.05) is 6.04 Å². The lowest BCUT2D eigenvalue weighted by Gasteiger charge is -2.23. The molecule has 0 aromatic heterocycles. The van der Waals surface area contributed by atoms with Crippen molar-refractivity contribution in [3.63, 3.8) is 0 Å². The summed E-state index contributed by atoms with van der Waals surface area (Å²) in [5.41, 5.74) is 6.83. The zero-order valence-electron chi connectivity index (χ0n) is 9.42. The van der Waals surface area contributed by atoms with Gasteiger partial charge in [-0.1, -0.05) is 25.8 Å². The van der Waals surface area contributed by atoms with Crippen LogP contribution in [-0.4, -0.2) is 0 Å². The summed E-state index contributed by atoms with van der Waals surface area (Å²) >= 11 is 0. The summed E-state index contributed by atoms with van der Waals surface area (Å²) < 4.78 is 25.9. The van der Waals surface area contributed by atoms with Crippen LogP contribution in [0.4, 0.5) is 8.78 Å². The third-order valence-electron chi connectivity index (χ3n) is 3.72. The molecule has 1 fully saturated rings. The second-order valence-corrected chi connectivity index (χ2v) is 4.77. The Balaban J connectivity index is 2.20. The molecule has 1 saturated carbocycles. The van der Waals surface area contributed by atoms with Crippen LogP contribution in [-0.2, 0) is 0 Å². The highest BCUT2D eigenvalue weighted by Crippen LogP contribution is 2.38. The fraction of sp³-hybridized carbons (Fsp3) is 0.538. The van der Waals surface area contributed by atoms with Gasteiger partial charge in [0.25, 0.3) is 0 Å². The van der Waals surface area contributed by atoms with Crippen molar-refractivity contribution < 1.29 is 8.78 Å². The van der Waals surface area contributed by atoms with Gasteiger partial charge in [0.1, 0.15) is 0 Å². The molecule has 0 saturated heterocycles. The lowest BCUT2D eigenvalue weighted by atomic mass is 9.86. The van der Waals surface area contributed by atoms with Crippen molar-refractivity contribution in [2.45, 2.75) is 32.2 Å². The molecule has 16 heavy (non-hydrogen) atoms. The van der Waals surface area contributed by atoms with E-state index in [0.717, 1.165) is 12.5 Å². The molecule has 2 N–H and O–H groups in total. The first-order valence-electron chi connectivity index (χ1n) is 5.80. The summed E-state index contributed by atoms with van der Waals surface area (Å²) in [6.45, 7) is 2.18. The average molecular weight is 225 g/mol. The molecule has 0 radical (unpaired) electrons. The molecule has 3 heteroatoms. The first kappa shape index (κ1) is 11.5. The lowest BCUT2D eigenvalue weighted by Crippen LogP contribution is -2.23. The summed E-state index contributed by atoms with van der Waals surface area (Å²) in [4.78, 5) is 0. The standard InChI is InChI=1S/C13H17F2N/c1-8-3-2-4-10(8)13(16)9-5-6-11(14)12(15)7-9/h5-8,10,13H,2-4,16H2,1H3. The van der Waals surface area contributed by atoms with Crippen LogP contribution in [0.2, 0.25) is 0 Å². The van der Waals surface area contributed by atoms with Gasteiger partial charge in [-0.3, -0.25) is 0 Å². The van der Waals surface area contributed by atoms with E-state index in [4.69, 9.17) is 5.73 Å². The SMILES string of the molecule is CC1CCCC1C(N)c1ccc(F)c(F)c1. The van der Waals surface area contributed by atoms with Gasteiger partial charge in [-0.05, 0) is 36.0 Å². The zero-order valence-corrected chi connectivity index (χ0v) is 9.42. The molecule has 1 aliphatic rings. The second kappa shape index (κ2) is 4.50. The van der Waals surface area contributed by atoms with Crippen molar-refractivity contribution in [3.05, 3.63) is 35.4 Å². The van der Waals surface area contributed by atoms with Crippen molar-refractivity contribution in [1.29, 1.82) is 0 Å². The Morgan fingerprint density at radius 2 is 2.00 bits per heavy atom. The minimum atomic E-state index is -0.810. The van der Waals surface area contributed by atoms with Crippen LogP contribution in [0.1, 0.15) is 37.8 Å². The number of nitrogens with two attached hydrogens (primary N) is 1. The Bertz CT molecular complexity index is 378. The Hall–Kier alpha value is -0.960. The van der Waals surface area contributed by atoms with Crippen molar-refractivity contribution in [1.82, 2.24) is 0 Å². The molecule has 0 spiro atoms. The second-order valence-electron chi connectivity index (χ2n) is 4.77. The van der Waals surface area contributed by atoms with Crippen molar-refractivity contribution in [2.75, 3.05) is 0 Å². The largest absolute Gasteiger partial charge is 0.324 e. The highest BCUT2D eigenvalue weighted by Gasteiger charge is 2.29. The van der Waals surface area contributed by atoms with E-state index < -0.39 is 11.6 Å². The first-order chi connectivity index (χ1) is 7.59. The molecule has 2 rings (SSSR count). The van der Waals surface area contributed by atoms with E-state index in [0.29, 0.717) is 17.4 Å². The van der Waals surface area contributed by atoms with E-state index in [-0.39, 0.29) is 6.04 Å². The predicted molar refractivity (Wildman–Crippen MR) is 59.8 cm³/mol. The van der Waals surface area contributed by atoms with Gasteiger partial charge in [0.05, 0.1) is 0 Å². The van der Waals surface area contributed by atoms with Crippen LogP contribution in [0, 0.1) is 23.5 Å². The molecule has 0 amide bonds. The monoisotopic (exact) mass is 225 g/mol. The topological polar surface area (TPSA) is 26.0 Å². The van der Waals surface area contributed by atoms with Crippen molar-refractivity contribution in [2.24, 2.45) is 17.6 Å². The Morgan fingerprint density at radius 1 is 1.25 bits per heavy atom. The maximum Gasteiger partial charge on any atom is 0.159 e. The highest BCUT2D eigenvalue weighted by molar-refractivity contribution is 5.22. The lowest BCUT2D eigenvalue weighted by molar-refractivity contribution is 0.349. The van der Waals surface area contributed by atoms with Crippen LogP contribution >= 0.6 is 0 Å². The summed E-state index contributed by atoms with van der Waals surface area (Å²) in [5, 5.41) is 0. The van der Waals surface area contributed by atoms with E-state index >= 15 is 0 Å². The van der Waals surface area contributed by atoms with Gasteiger partial charge in [-0.25, -0.2) is 8.78 Å². The smallest absolute Gasteiger partial charge is 0.159 e. The number of rotatable bonds is 2. The zero-order chi connectivity index (χ0) is 11.7. The molecule has 3 atom stereocenters. The van der Waals surface area contributed by atoms with Crippen LogP contribution < -0.4 is 5.73 Å². The van der Waals surface area contributed by atoms with E-state index in [2.05, 4.69) is 6.92 Å². The number of benzene rings is 1. The maximum absolute atomic E-state index is 13.1. The fourth-order valence-corrected chi connectivity index (χ4v) is 2.67. The molecule has 1 aromatic carbocycles. The molecular weight excluding hydrogens is 208 g/mol. The third-order valence-corrected chi connectivity index (χ3v) is 3.72. The van der Waals surface area contributed by atoms with Crippen molar-refractivity contribution in [3.8, 4) is 0 Å². The highest BCUT2D eigenvalue weighted by atomic mass is 19.2. The number of hydrogen-bond donors (Lipinski definition) is 1. The van der Waals surface area contributed by atoms with Gasteiger partial charge in [0.2, 0.25) is 0 Å². The molecule has 1 nitrogen and oxygen atoms in total. The number of hydrogen-bond acceptors (Lipinski definition) is 1. The van der Waals surface area contributed by atoms with Crippen LogP contribution in [0.5, 0.6) is 0 Å². The first-order valence-corrected chi connectivity index (χ1v) is 5.80. The van der Waals surface area contributed by atoms with Gasteiger partial charge >= 0.3 is 0 Å². The number of halogens is 2. The summed E-state index contributed by atoms with van der Waals surface area (Å²) in [7, 11) is 0. The predicted octanol–water partition coefficient (Wildman–Crippen LogP) is 3.40. The molecule has 0 heterocycles. The molecule has 1 aliphatic carbocycles. The minimum absolute atomic E-state index is 0.174. The molecule has 88 valence electrons. The van der Waals surface area contributed by atoms with Gasteiger partial charge in [0.15, 0.2) is 11.6 Å². The van der Waals surface area contributed by atoms with E-state index in [1.165, 1.54) is 18.9 Å². The van der Waals surface area contributed by atoms with Crippen LogP contribution in [0.25, 0.3) is 0 Å². The fourth-order valence-electron chi connectivity index (χ4n) is 2.67. The molecular formula is C13H17F2N. The van der Waals surface area contributed by atoms with Crippen molar-refractivity contribution >= 4 is 0 Å². The Kier molecular flexibility index (Phi) is 3.24. The quantitative estimate of drug-likeness (QED) is 0.820. The normalized spacial score (nSPS) is 27.0. The molecule has 0 aliphatic heterocycles. The van der Waals surface area contributed by atoms with Crippen LogP contribution in [0.15, 0.2) is 18.2 Å². The maximum atomic E-state index is 13.1. The molecule has 3 unspecified atom stereocenters. The van der Waals surface area contributed by atoms with E-state index in [1.54, 1.807) is 6.07 Å². The minimum Gasteiger partial charge on any atom is -0.324 e. The Morgan fingerprint density at radius 3 is 2.56 bits per heavy atom. The third kappa shape index (κ3) is 2.09. The van der Waals surface area contributed by atoms with Crippen LogP contribution in [0.3, 0.4) is 0 Å². The average Bonchev–Trinajstić information content (AvgIpc) is 2.67. The molecule has 0 bridgehead atoms. The van der Waals surface area contributed by atoms with E-state index in [9.17, 15) is 8.78 Å². The summed E-state index contributed by atoms with van der Waals surface area (Å²) in [6, 6.07) is 3.80. The summed E-state index contributed by atoms with van der Waals surface area (Å²) in [6.07, 6.45) is 3.45. The van der Waals surface area contributed by atoms with E-state index in [1.807, 2.05) is 0 Å². The van der Waals surface area contributed by atoms with Gasteiger partial charge in [-0.2, -0.15) is 0 Å². The Labute approximate surface area is 94.7 Å². The molecule has 1 aromatic rings. The van der Waals surface area contributed by atoms with Gasteiger partial charge in [-0.15, -0.1) is 0 Å². The van der Waals surface area contributed by atoms with Gasteiger partial charge < -0.3 is 5.73 Å².